The highest BCUT2D eigenvalue weighted by Crippen LogP contribution is 2.33. The Bertz CT molecular complexity index is 244. The predicted molar refractivity (Wildman–Crippen MR) is 57.2 cm³/mol. The van der Waals surface area contributed by atoms with Crippen molar-refractivity contribution in [1.29, 1.82) is 0 Å². The van der Waals surface area contributed by atoms with Gasteiger partial charge in [0.15, 0.2) is 0 Å². The average Bonchev–Trinajstić information content (AvgIpc) is 2.58. The Kier molecular flexibility index (Phi) is 2.31. The Morgan fingerprint density at radius 1 is 1.00 bits per heavy atom. The molecule has 1 aromatic rings. The SMILES string of the molecule is [SiH3]c1ccc(C2CCCC2)cc1. The molecule has 0 nitrogen and oxygen atoms in total. The molecule has 0 unspecified atom stereocenters. The lowest BCUT2D eigenvalue weighted by Gasteiger charge is -2.08. The van der Waals surface area contributed by atoms with Crippen LogP contribution in [0.4, 0.5) is 0 Å². The fourth-order valence-electron chi connectivity index (χ4n) is 2.10. The van der Waals surface area contributed by atoms with E-state index in [1.807, 2.05) is 0 Å². The molecule has 0 saturated heterocycles. The first-order chi connectivity index (χ1) is 5.86. The minimum absolute atomic E-state index is 0.882. The standard InChI is InChI=1S/C11H16Si/c12-11-7-5-10(6-8-11)9-3-1-2-4-9/h5-9H,1-4H2,12H3. The summed E-state index contributed by atoms with van der Waals surface area (Å²) in [4.78, 5) is 0. The van der Waals surface area contributed by atoms with Gasteiger partial charge in [0, 0.05) is 10.2 Å². The van der Waals surface area contributed by atoms with Crippen LogP contribution in [0.5, 0.6) is 0 Å². The van der Waals surface area contributed by atoms with Gasteiger partial charge in [-0.25, -0.2) is 0 Å². The minimum Gasteiger partial charge on any atom is -0.0707 e. The fourth-order valence-corrected chi connectivity index (χ4v) is 2.43. The molecule has 0 atom stereocenters. The molecular weight excluding hydrogens is 160 g/mol. The molecule has 1 aromatic carbocycles. The number of hydrogen-bond donors (Lipinski definition) is 0. The summed E-state index contributed by atoms with van der Waals surface area (Å²) in [6.07, 6.45) is 5.71. The first kappa shape index (κ1) is 8.05. The van der Waals surface area contributed by atoms with Gasteiger partial charge in [0.25, 0.3) is 0 Å². The van der Waals surface area contributed by atoms with Crippen molar-refractivity contribution >= 4 is 15.4 Å². The first-order valence-electron chi connectivity index (χ1n) is 4.93. The summed E-state index contributed by atoms with van der Waals surface area (Å²) < 4.78 is 0. The van der Waals surface area contributed by atoms with Gasteiger partial charge in [-0.15, -0.1) is 0 Å². The molecule has 12 heavy (non-hydrogen) atoms. The molecule has 0 N–H and O–H groups in total. The zero-order valence-corrected chi connectivity index (χ0v) is 9.72. The second-order valence-corrected chi connectivity index (χ2v) is 5.05. The molecule has 0 aromatic heterocycles. The van der Waals surface area contributed by atoms with Crippen LogP contribution in [0.25, 0.3) is 0 Å². The third-order valence-electron chi connectivity index (χ3n) is 2.90. The molecule has 0 bridgehead atoms. The van der Waals surface area contributed by atoms with Crippen LogP contribution in [-0.4, -0.2) is 10.2 Å². The van der Waals surface area contributed by atoms with Gasteiger partial charge in [-0.2, -0.15) is 0 Å². The van der Waals surface area contributed by atoms with Crippen LogP contribution in [0.3, 0.4) is 0 Å². The summed E-state index contributed by atoms with van der Waals surface area (Å²) >= 11 is 0. The molecule has 1 saturated carbocycles. The van der Waals surface area contributed by atoms with Crippen molar-refractivity contribution in [1.82, 2.24) is 0 Å². The summed E-state index contributed by atoms with van der Waals surface area (Å²) in [6.45, 7) is 0. The van der Waals surface area contributed by atoms with E-state index in [0.717, 1.165) is 5.92 Å². The molecular formula is C11H16Si. The third kappa shape index (κ3) is 1.61. The number of hydrogen-bond acceptors (Lipinski definition) is 0. The zero-order valence-electron chi connectivity index (χ0n) is 7.72. The summed E-state index contributed by atoms with van der Waals surface area (Å²) in [5.41, 5.74) is 1.58. The van der Waals surface area contributed by atoms with Crippen molar-refractivity contribution in [3.8, 4) is 0 Å². The molecule has 1 fully saturated rings. The number of benzene rings is 1. The molecule has 0 aliphatic heterocycles. The van der Waals surface area contributed by atoms with Crippen LogP contribution in [0.15, 0.2) is 24.3 Å². The highest BCUT2D eigenvalue weighted by Gasteiger charge is 2.15. The second-order valence-electron chi connectivity index (χ2n) is 3.89. The normalized spacial score (nSPS) is 18.7. The lowest BCUT2D eigenvalue weighted by Crippen LogP contribution is -2.02. The van der Waals surface area contributed by atoms with E-state index in [1.54, 1.807) is 5.56 Å². The van der Waals surface area contributed by atoms with Crippen molar-refractivity contribution in [2.24, 2.45) is 0 Å². The Labute approximate surface area is 77.4 Å². The van der Waals surface area contributed by atoms with Crippen LogP contribution in [0.1, 0.15) is 37.2 Å². The van der Waals surface area contributed by atoms with Gasteiger partial charge in [0.05, 0.1) is 0 Å². The van der Waals surface area contributed by atoms with Gasteiger partial charge in [0.1, 0.15) is 0 Å². The summed E-state index contributed by atoms with van der Waals surface area (Å²) in [6, 6.07) is 9.25. The molecule has 1 heteroatoms. The third-order valence-corrected chi connectivity index (χ3v) is 3.57. The summed E-state index contributed by atoms with van der Waals surface area (Å²) in [5, 5.41) is 1.51. The Hall–Kier alpha value is -0.563. The van der Waals surface area contributed by atoms with Crippen LogP contribution in [0, 0.1) is 0 Å². The monoisotopic (exact) mass is 176 g/mol. The van der Waals surface area contributed by atoms with E-state index in [2.05, 4.69) is 24.3 Å². The maximum Gasteiger partial charge on any atom is 0.0384 e. The van der Waals surface area contributed by atoms with Gasteiger partial charge < -0.3 is 0 Å². The Morgan fingerprint density at radius 2 is 1.58 bits per heavy atom. The molecule has 0 radical (unpaired) electrons. The fraction of sp³-hybridized carbons (Fsp3) is 0.455. The zero-order chi connectivity index (χ0) is 8.39. The Balaban J connectivity index is 2.17. The van der Waals surface area contributed by atoms with Crippen LogP contribution in [0.2, 0.25) is 0 Å². The van der Waals surface area contributed by atoms with E-state index in [1.165, 1.54) is 41.1 Å². The largest absolute Gasteiger partial charge is 0.0707 e. The molecule has 0 heterocycles. The van der Waals surface area contributed by atoms with Gasteiger partial charge in [-0.3, -0.25) is 0 Å². The topological polar surface area (TPSA) is 0 Å². The van der Waals surface area contributed by atoms with Crippen LogP contribution >= 0.6 is 0 Å². The lowest BCUT2D eigenvalue weighted by atomic mass is 9.98. The van der Waals surface area contributed by atoms with E-state index in [0.29, 0.717) is 0 Å². The quantitative estimate of drug-likeness (QED) is 0.566. The highest BCUT2D eigenvalue weighted by molar-refractivity contribution is 6.32. The second kappa shape index (κ2) is 3.44. The lowest BCUT2D eigenvalue weighted by molar-refractivity contribution is 0.723. The van der Waals surface area contributed by atoms with Crippen molar-refractivity contribution in [3.63, 3.8) is 0 Å². The van der Waals surface area contributed by atoms with Crippen LogP contribution in [-0.2, 0) is 0 Å². The number of rotatable bonds is 1. The first-order valence-corrected chi connectivity index (χ1v) is 5.93. The average molecular weight is 176 g/mol. The maximum atomic E-state index is 2.33. The van der Waals surface area contributed by atoms with E-state index < -0.39 is 0 Å². The molecule has 2 rings (SSSR count). The Morgan fingerprint density at radius 3 is 2.17 bits per heavy atom. The molecule has 0 spiro atoms. The maximum absolute atomic E-state index is 2.33. The van der Waals surface area contributed by atoms with E-state index in [4.69, 9.17) is 0 Å². The van der Waals surface area contributed by atoms with E-state index >= 15 is 0 Å². The van der Waals surface area contributed by atoms with Crippen molar-refractivity contribution < 1.29 is 0 Å². The highest BCUT2D eigenvalue weighted by atomic mass is 28.1. The van der Waals surface area contributed by atoms with Gasteiger partial charge in [0.2, 0.25) is 0 Å². The predicted octanol–water partition coefficient (Wildman–Crippen LogP) is 1.33. The van der Waals surface area contributed by atoms with Gasteiger partial charge in [-0.1, -0.05) is 42.3 Å². The van der Waals surface area contributed by atoms with Crippen LogP contribution < -0.4 is 5.19 Å². The van der Waals surface area contributed by atoms with Crippen molar-refractivity contribution in [2.75, 3.05) is 0 Å². The molecule has 1 aliphatic rings. The summed E-state index contributed by atoms with van der Waals surface area (Å²) in [7, 11) is 1.19. The molecule has 64 valence electrons. The molecule has 0 amide bonds. The van der Waals surface area contributed by atoms with E-state index in [9.17, 15) is 0 Å². The minimum atomic E-state index is 0.882. The molecule has 1 aliphatic carbocycles. The van der Waals surface area contributed by atoms with E-state index in [-0.39, 0.29) is 0 Å². The van der Waals surface area contributed by atoms with Crippen molar-refractivity contribution in [2.45, 2.75) is 31.6 Å². The van der Waals surface area contributed by atoms with Gasteiger partial charge in [-0.05, 0) is 24.3 Å². The summed E-state index contributed by atoms with van der Waals surface area (Å²) in [5.74, 6) is 0.882. The van der Waals surface area contributed by atoms with Gasteiger partial charge >= 0.3 is 0 Å². The smallest absolute Gasteiger partial charge is 0.0384 e. The van der Waals surface area contributed by atoms with Crippen molar-refractivity contribution in [3.05, 3.63) is 29.8 Å².